The summed E-state index contributed by atoms with van der Waals surface area (Å²) in [5, 5.41) is 4.37. The molecule has 0 saturated carbocycles. The molecule has 0 radical (unpaired) electrons. The summed E-state index contributed by atoms with van der Waals surface area (Å²) in [5.74, 6) is 2.00. The molecule has 4 nitrogen and oxygen atoms in total. The molecule has 112 valence electrons. The van der Waals surface area contributed by atoms with E-state index >= 15 is 0 Å². The van der Waals surface area contributed by atoms with Gasteiger partial charge in [0, 0.05) is 11.1 Å². The van der Waals surface area contributed by atoms with E-state index < -0.39 is 0 Å². The lowest BCUT2D eigenvalue weighted by atomic mass is 10.2. The van der Waals surface area contributed by atoms with E-state index in [4.69, 9.17) is 4.42 Å². The molecule has 4 aromatic rings. The zero-order chi connectivity index (χ0) is 15.6. The number of fused-ring (bicyclic) bond motifs is 1. The fraction of sp³-hybridized carbons (Fsp3) is 0.0526. The highest BCUT2D eigenvalue weighted by molar-refractivity contribution is 5.92. The number of hydrogen-bond donors (Lipinski definition) is 1. The van der Waals surface area contributed by atoms with Crippen molar-refractivity contribution >= 4 is 22.4 Å². The van der Waals surface area contributed by atoms with Gasteiger partial charge < -0.3 is 9.73 Å². The van der Waals surface area contributed by atoms with Crippen LogP contribution >= 0.6 is 0 Å². The fourth-order valence-electron chi connectivity index (χ4n) is 2.55. The van der Waals surface area contributed by atoms with Crippen molar-refractivity contribution in [3.63, 3.8) is 0 Å². The third-order valence-corrected chi connectivity index (χ3v) is 3.63. The Kier molecular flexibility index (Phi) is 3.27. The molecule has 4 heteroatoms. The van der Waals surface area contributed by atoms with Gasteiger partial charge in [0.2, 0.25) is 0 Å². The lowest BCUT2D eigenvalue weighted by Crippen LogP contribution is -1.99. The molecular formula is C19H15N3O. The maximum atomic E-state index is 5.44. The van der Waals surface area contributed by atoms with E-state index in [0.29, 0.717) is 11.6 Å². The number of hydrogen-bond acceptors (Lipinski definition) is 4. The average Bonchev–Trinajstić information content (AvgIpc) is 3.09. The highest BCUT2D eigenvalue weighted by Gasteiger charge is 2.11. The van der Waals surface area contributed by atoms with Crippen molar-refractivity contribution in [2.24, 2.45) is 0 Å². The molecule has 0 amide bonds. The number of rotatable bonds is 3. The minimum atomic E-state index is 0.573. The van der Waals surface area contributed by atoms with Crippen LogP contribution < -0.4 is 5.32 Å². The van der Waals surface area contributed by atoms with E-state index in [1.807, 2.05) is 48.5 Å². The highest BCUT2D eigenvalue weighted by atomic mass is 16.3. The quantitative estimate of drug-likeness (QED) is 0.582. The Morgan fingerprint density at radius 2 is 1.83 bits per heavy atom. The number of para-hydroxylation sites is 1. The second-order valence-electron chi connectivity index (χ2n) is 5.38. The summed E-state index contributed by atoms with van der Waals surface area (Å²) in [6.45, 7) is 2.07. The summed E-state index contributed by atoms with van der Waals surface area (Å²) >= 11 is 0. The highest BCUT2D eigenvalue weighted by Crippen LogP contribution is 2.27. The van der Waals surface area contributed by atoms with Gasteiger partial charge >= 0.3 is 0 Å². The van der Waals surface area contributed by atoms with Crippen LogP contribution in [0, 0.1) is 6.92 Å². The zero-order valence-electron chi connectivity index (χ0n) is 12.7. The van der Waals surface area contributed by atoms with Crippen molar-refractivity contribution in [3.05, 3.63) is 72.5 Å². The molecule has 4 rings (SSSR count). The van der Waals surface area contributed by atoms with Gasteiger partial charge in [0.15, 0.2) is 11.6 Å². The van der Waals surface area contributed by atoms with Crippen LogP contribution in [0.3, 0.4) is 0 Å². The molecule has 0 aliphatic carbocycles. The van der Waals surface area contributed by atoms with Crippen molar-refractivity contribution < 1.29 is 4.42 Å². The lowest BCUT2D eigenvalue weighted by molar-refractivity contribution is 0.577. The Bertz CT molecular complexity index is 961. The third-order valence-electron chi connectivity index (χ3n) is 3.63. The van der Waals surface area contributed by atoms with Gasteiger partial charge in [-0.3, -0.25) is 0 Å². The molecule has 0 saturated heterocycles. The Balaban J connectivity index is 1.86. The number of benzene rings is 2. The third kappa shape index (κ3) is 2.66. The normalized spacial score (nSPS) is 10.8. The van der Waals surface area contributed by atoms with Gasteiger partial charge in [-0.15, -0.1) is 0 Å². The van der Waals surface area contributed by atoms with Crippen molar-refractivity contribution in [2.75, 3.05) is 5.32 Å². The molecule has 0 aliphatic heterocycles. The molecule has 0 atom stereocenters. The minimum Gasteiger partial charge on any atom is -0.461 e. The van der Waals surface area contributed by atoms with Gasteiger partial charge in [-0.2, -0.15) is 0 Å². The topological polar surface area (TPSA) is 51.0 Å². The van der Waals surface area contributed by atoms with Crippen LogP contribution in [0.25, 0.3) is 22.5 Å². The molecule has 2 aromatic carbocycles. The molecule has 2 aromatic heterocycles. The Labute approximate surface area is 133 Å². The molecule has 0 spiro atoms. The SMILES string of the molecule is Cc1cccc(Nc2nc(-c3ccco3)nc3ccccc23)c1. The van der Waals surface area contributed by atoms with E-state index in [1.165, 1.54) is 5.56 Å². The monoisotopic (exact) mass is 301 g/mol. The Hall–Kier alpha value is -3.14. The van der Waals surface area contributed by atoms with Gasteiger partial charge in [-0.1, -0.05) is 24.3 Å². The molecule has 23 heavy (non-hydrogen) atoms. The number of aromatic nitrogens is 2. The van der Waals surface area contributed by atoms with Crippen LogP contribution in [0.15, 0.2) is 71.3 Å². The first-order chi connectivity index (χ1) is 11.3. The van der Waals surface area contributed by atoms with Crippen LogP contribution in [0.1, 0.15) is 5.56 Å². The van der Waals surface area contributed by atoms with Crippen molar-refractivity contribution in [3.8, 4) is 11.6 Å². The molecule has 2 heterocycles. The summed E-state index contributed by atoms with van der Waals surface area (Å²) in [6, 6.07) is 19.8. The van der Waals surface area contributed by atoms with E-state index in [1.54, 1.807) is 6.26 Å². The predicted molar refractivity (Wildman–Crippen MR) is 91.7 cm³/mol. The van der Waals surface area contributed by atoms with Crippen LogP contribution in [0.4, 0.5) is 11.5 Å². The summed E-state index contributed by atoms with van der Waals surface area (Å²) in [7, 11) is 0. The minimum absolute atomic E-state index is 0.573. The Morgan fingerprint density at radius 1 is 0.913 bits per heavy atom. The van der Waals surface area contributed by atoms with Gasteiger partial charge in [0.05, 0.1) is 11.8 Å². The second-order valence-corrected chi connectivity index (χ2v) is 5.38. The maximum absolute atomic E-state index is 5.44. The van der Waals surface area contributed by atoms with E-state index in [9.17, 15) is 0 Å². The molecule has 1 N–H and O–H groups in total. The van der Waals surface area contributed by atoms with Crippen LogP contribution in [0.2, 0.25) is 0 Å². The first-order valence-corrected chi connectivity index (χ1v) is 7.44. The van der Waals surface area contributed by atoms with Crippen LogP contribution in [-0.2, 0) is 0 Å². The smallest absolute Gasteiger partial charge is 0.198 e. The predicted octanol–water partition coefficient (Wildman–Crippen LogP) is 4.94. The van der Waals surface area contributed by atoms with Crippen LogP contribution in [-0.4, -0.2) is 9.97 Å². The number of nitrogens with zero attached hydrogens (tertiary/aromatic N) is 2. The van der Waals surface area contributed by atoms with Gasteiger partial charge in [0.1, 0.15) is 5.82 Å². The van der Waals surface area contributed by atoms with E-state index in [0.717, 1.165) is 22.4 Å². The van der Waals surface area contributed by atoms with Crippen LogP contribution in [0.5, 0.6) is 0 Å². The number of anilines is 2. The standard InChI is InChI=1S/C19H15N3O/c1-13-6-4-7-14(12-13)20-18-15-8-2-3-9-16(15)21-19(22-18)17-10-5-11-23-17/h2-12H,1H3,(H,20,21,22). The molecule has 0 unspecified atom stereocenters. The zero-order valence-corrected chi connectivity index (χ0v) is 12.7. The lowest BCUT2D eigenvalue weighted by Gasteiger charge is -2.10. The van der Waals surface area contributed by atoms with Gasteiger partial charge in [0.25, 0.3) is 0 Å². The fourth-order valence-corrected chi connectivity index (χ4v) is 2.55. The maximum Gasteiger partial charge on any atom is 0.198 e. The molecular weight excluding hydrogens is 286 g/mol. The van der Waals surface area contributed by atoms with Crippen molar-refractivity contribution in [2.45, 2.75) is 6.92 Å². The number of furan rings is 1. The van der Waals surface area contributed by atoms with Gasteiger partial charge in [-0.05, 0) is 48.9 Å². The average molecular weight is 301 g/mol. The van der Waals surface area contributed by atoms with Crippen molar-refractivity contribution in [1.82, 2.24) is 9.97 Å². The second kappa shape index (κ2) is 5.57. The first kappa shape index (κ1) is 13.5. The summed E-state index contributed by atoms with van der Waals surface area (Å²) < 4.78 is 5.44. The number of nitrogens with one attached hydrogen (secondary N) is 1. The summed E-state index contributed by atoms with van der Waals surface area (Å²) in [6.07, 6.45) is 1.63. The molecule has 0 fully saturated rings. The summed E-state index contributed by atoms with van der Waals surface area (Å²) in [5.41, 5.74) is 3.07. The largest absolute Gasteiger partial charge is 0.461 e. The summed E-state index contributed by atoms with van der Waals surface area (Å²) in [4.78, 5) is 9.25. The number of aryl methyl sites for hydroxylation is 1. The van der Waals surface area contributed by atoms with Crippen molar-refractivity contribution in [1.29, 1.82) is 0 Å². The van der Waals surface area contributed by atoms with Gasteiger partial charge in [-0.25, -0.2) is 9.97 Å². The van der Waals surface area contributed by atoms with E-state index in [2.05, 4.69) is 34.3 Å². The first-order valence-electron chi connectivity index (χ1n) is 7.44. The molecule has 0 bridgehead atoms. The Morgan fingerprint density at radius 3 is 2.65 bits per heavy atom. The molecule has 0 aliphatic rings. The van der Waals surface area contributed by atoms with E-state index in [-0.39, 0.29) is 0 Å².